The molecule has 30 heavy (non-hydrogen) atoms. The Morgan fingerprint density at radius 1 is 0.967 bits per heavy atom. The first kappa shape index (κ1) is 20.2. The van der Waals surface area contributed by atoms with Crippen molar-refractivity contribution in [2.45, 2.75) is 24.3 Å². The minimum Gasteiger partial charge on any atom is -0.356 e. The molecule has 0 aliphatic carbocycles. The van der Waals surface area contributed by atoms with Gasteiger partial charge in [0.2, 0.25) is 5.91 Å². The van der Waals surface area contributed by atoms with Gasteiger partial charge in [0.15, 0.2) is 9.84 Å². The number of nitrogens with zero attached hydrogens (tertiary/aromatic N) is 1. The zero-order chi connectivity index (χ0) is 21.1. The first-order valence-electron chi connectivity index (χ1n) is 9.92. The molecule has 0 spiro atoms. The molecule has 0 saturated carbocycles. The van der Waals surface area contributed by atoms with Crippen LogP contribution in [0.15, 0.2) is 83.8 Å². The minimum absolute atomic E-state index is 0.206. The number of carbonyl (C=O) groups excluding carboxylic acids is 1. The molecule has 0 fully saturated rings. The average Bonchev–Trinajstić information content (AvgIpc) is 2.77. The molecule has 5 nitrogen and oxygen atoms in total. The van der Waals surface area contributed by atoms with Crippen LogP contribution in [-0.4, -0.2) is 26.7 Å². The van der Waals surface area contributed by atoms with Gasteiger partial charge in [-0.05, 0) is 48.7 Å². The lowest BCUT2D eigenvalue weighted by Crippen LogP contribution is -2.45. The zero-order valence-electron chi connectivity index (χ0n) is 16.8. The second kappa shape index (κ2) is 8.32. The van der Waals surface area contributed by atoms with Gasteiger partial charge in [-0.25, -0.2) is 8.42 Å². The smallest absolute Gasteiger partial charge is 0.248 e. The summed E-state index contributed by atoms with van der Waals surface area (Å²) in [7, 11) is -3.62. The van der Waals surface area contributed by atoms with Crippen LogP contribution in [0.1, 0.15) is 22.7 Å². The van der Waals surface area contributed by atoms with Gasteiger partial charge in [0.25, 0.3) is 0 Å². The van der Waals surface area contributed by atoms with Gasteiger partial charge >= 0.3 is 0 Å². The van der Waals surface area contributed by atoms with E-state index < -0.39 is 21.8 Å². The maximum Gasteiger partial charge on any atom is 0.248 e. The molecule has 1 aliphatic rings. The highest BCUT2D eigenvalue weighted by molar-refractivity contribution is 7.91. The third-order valence-corrected chi connectivity index (χ3v) is 6.95. The molecule has 1 amide bonds. The van der Waals surface area contributed by atoms with E-state index in [0.717, 1.165) is 28.8 Å². The lowest BCUT2D eigenvalue weighted by atomic mass is 9.91. The highest BCUT2D eigenvalue weighted by Crippen LogP contribution is 2.33. The van der Waals surface area contributed by atoms with E-state index in [-0.39, 0.29) is 10.8 Å². The fraction of sp³-hybridized carbons (Fsp3) is 0.208. The van der Waals surface area contributed by atoms with Crippen molar-refractivity contribution in [2.24, 2.45) is 0 Å². The predicted molar refractivity (Wildman–Crippen MR) is 118 cm³/mol. The fourth-order valence-electron chi connectivity index (χ4n) is 3.84. The molecule has 3 aromatic rings. The monoisotopic (exact) mass is 420 g/mol. The molecule has 0 aromatic heterocycles. The number of amides is 1. The first-order valence-corrected chi connectivity index (χ1v) is 11.6. The van der Waals surface area contributed by atoms with Gasteiger partial charge < -0.3 is 10.2 Å². The van der Waals surface area contributed by atoms with Gasteiger partial charge in [-0.2, -0.15) is 0 Å². The number of sulfone groups is 1. The van der Waals surface area contributed by atoms with E-state index in [1.807, 2.05) is 66.4 Å². The molecule has 0 saturated heterocycles. The van der Waals surface area contributed by atoms with Crippen molar-refractivity contribution in [3.05, 3.63) is 95.6 Å². The maximum absolute atomic E-state index is 13.3. The third kappa shape index (κ3) is 4.09. The molecule has 154 valence electrons. The summed E-state index contributed by atoms with van der Waals surface area (Å²) in [6, 6.07) is 23.7. The molecule has 4 rings (SSSR count). The number of benzene rings is 3. The van der Waals surface area contributed by atoms with E-state index >= 15 is 0 Å². The van der Waals surface area contributed by atoms with Crippen LogP contribution in [0.25, 0.3) is 0 Å². The summed E-state index contributed by atoms with van der Waals surface area (Å²) in [5.74, 6) is -0.752. The van der Waals surface area contributed by atoms with Crippen LogP contribution in [0.5, 0.6) is 0 Å². The highest BCUT2D eigenvalue weighted by atomic mass is 32.2. The highest BCUT2D eigenvalue weighted by Gasteiger charge is 2.33. The third-order valence-electron chi connectivity index (χ3n) is 5.44. The molecular formula is C24H24N2O3S. The number of nitrogens with one attached hydrogen (secondary N) is 1. The van der Waals surface area contributed by atoms with Crippen LogP contribution in [0.4, 0.5) is 5.69 Å². The normalized spacial score (nSPS) is 16.0. The Morgan fingerprint density at radius 3 is 2.37 bits per heavy atom. The number of anilines is 1. The Hall–Kier alpha value is -3.12. The maximum atomic E-state index is 13.3. The Morgan fingerprint density at radius 2 is 1.63 bits per heavy atom. The van der Waals surface area contributed by atoms with Gasteiger partial charge in [-0.3, -0.25) is 4.79 Å². The molecule has 1 aliphatic heterocycles. The molecule has 0 bridgehead atoms. The molecule has 1 atom stereocenters. The molecule has 1 unspecified atom stereocenters. The summed E-state index contributed by atoms with van der Waals surface area (Å²) in [5, 5.41) is 2.68. The number of hydrogen-bond acceptors (Lipinski definition) is 4. The fourth-order valence-corrected chi connectivity index (χ4v) is 4.89. The molecule has 1 heterocycles. The molecule has 1 N–H and O–H groups in total. The van der Waals surface area contributed by atoms with E-state index in [4.69, 9.17) is 0 Å². The van der Waals surface area contributed by atoms with Crippen molar-refractivity contribution < 1.29 is 13.2 Å². The largest absolute Gasteiger partial charge is 0.356 e. The number of hydrogen-bond donors (Lipinski definition) is 1. The Bertz CT molecular complexity index is 1140. The van der Waals surface area contributed by atoms with E-state index in [1.165, 1.54) is 0 Å². The lowest BCUT2D eigenvalue weighted by molar-refractivity contribution is -0.122. The SMILES string of the molecule is Cc1ccc(S(=O)(=O)CNC(=O)C2c3ccccc3CCN2c2ccccc2)cc1. The van der Waals surface area contributed by atoms with Crippen LogP contribution >= 0.6 is 0 Å². The molecule has 0 radical (unpaired) electrons. The minimum atomic E-state index is -3.62. The summed E-state index contributed by atoms with van der Waals surface area (Å²) in [5.41, 5.74) is 3.95. The van der Waals surface area contributed by atoms with Gasteiger partial charge in [-0.1, -0.05) is 60.2 Å². The standard InChI is InChI=1S/C24H24N2O3S/c1-18-11-13-21(14-12-18)30(28,29)17-25-24(27)23-22-10-6-5-7-19(22)15-16-26(23)20-8-3-2-4-9-20/h2-14,23H,15-17H2,1H3,(H,25,27). The van der Waals surface area contributed by atoms with Gasteiger partial charge in [0.05, 0.1) is 4.90 Å². The van der Waals surface area contributed by atoms with Crippen LogP contribution in [-0.2, 0) is 21.1 Å². The Balaban J connectivity index is 1.60. The number of aryl methyl sites for hydroxylation is 1. The first-order chi connectivity index (χ1) is 14.5. The predicted octanol–water partition coefficient (Wildman–Crippen LogP) is 3.65. The van der Waals surface area contributed by atoms with Crippen molar-refractivity contribution in [3.63, 3.8) is 0 Å². The summed E-state index contributed by atoms with van der Waals surface area (Å²) in [6.07, 6.45) is 0.830. The van der Waals surface area contributed by atoms with Crippen LogP contribution in [0, 0.1) is 6.92 Å². The summed E-state index contributed by atoms with van der Waals surface area (Å²) in [6.45, 7) is 2.58. The number of carbonyl (C=O) groups is 1. The van der Waals surface area contributed by atoms with Gasteiger partial charge in [0.1, 0.15) is 11.9 Å². The second-order valence-electron chi connectivity index (χ2n) is 7.49. The van der Waals surface area contributed by atoms with Crippen molar-refractivity contribution in [1.29, 1.82) is 0 Å². The lowest BCUT2D eigenvalue weighted by Gasteiger charge is -2.38. The number of para-hydroxylation sites is 1. The van der Waals surface area contributed by atoms with Crippen LogP contribution in [0.3, 0.4) is 0 Å². The molecular weight excluding hydrogens is 396 g/mol. The summed E-state index contributed by atoms with van der Waals surface area (Å²) in [4.78, 5) is 15.5. The Kier molecular flexibility index (Phi) is 5.59. The van der Waals surface area contributed by atoms with E-state index in [1.54, 1.807) is 24.3 Å². The van der Waals surface area contributed by atoms with Gasteiger partial charge in [0, 0.05) is 12.2 Å². The summed E-state index contributed by atoms with van der Waals surface area (Å²) < 4.78 is 25.4. The zero-order valence-corrected chi connectivity index (χ0v) is 17.6. The average molecular weight is 421 g/mol. The van der Waals surface area contributed by atoms with Crippen molar-refractivity contribution in [1.82, 2.24) is 5.32 Å². The van der Waals surface area contributed by atoms with Crippen LogP contribution < -0.4 is 10.2 Å². The summed E-state index contributed by atoms with van der Waals surface area (Å²) >= 11 is 0. The second-order valence-corrected chi connectivity index (χ2v) is 9.48. The van der Waals surface area contributed by atoms with Gasteiger partial charge in [-0.15, -0.1) is 0 Å². The number of rotatable bonds is 5. The topological polar surface area (TPSA) is 66.5 Å². The van der Waals surface area contributed by atoms with Crippen molar-refractivity contribution in [3.8, 4) is 0 Å². The van der Waals surface area contributed by atoms with E-state index in [2.05, 4.69) is 5.32 Å². The van der Waals surface area contributed by atoms with E-state index in [9.17, 15) is 13.2 Å². The van der Waals surface area contributed by atoms with Crippen molar-refractivity contribution in [2.75, 3.05) is 17.3 Å². The quantitative estimate of drug-likeness (QED) is 0.684. The van der Waals surface area contributed by atoms with Crippen molar-refractivity contribution >= 4 is 21.4 Å². The molecule has 6 heteroatoms. The van der Waals surface area contributed by atoms with E-state index in [0.29, 0.717) is 6.54 Å². The van der Waals surface area contributed by atoms with Crippen LogP contribution in [0.2, 0.25) is 0 Å². The molecule has 3 aromatic carbocycles. The Labute approximate surface area is 177 Å². The number of fused-ring (bicyclic) bond motifs is 1.